The highest BCUT2D eigenvalue weighted by Crippen LogP contribution is 2.28. The third kappa shape index (κ3) is 3.94. The van der Waals surface area contributed by atoms with Crippen molar-refractivity contribution in [2.75, 3.05) is 5.32 Å². The Bertz CT molecular complexity index is 1370. The summed E-state index contributed by atoms with van der Waals surface area (Å²) in [5.41, 5.74) is 8.49. The minimum atomic E-state index is 0.103. The lowest BCUT2D eigenvalue weighted by molar-refractivity contribution is 0.866. The summed E-state index contributed by atoms with van der Waals surface area (Å²) in [5.74, 6) is 1.57. The Morgan fingerprint density at radius 2 is 1.87 bits per heavy atom. The number of anilines is 1. The van der Waals surface area contributed by atoms with Crippen LogP contribution in [-0.2, 0) is 7.05 Å². The van der Waals surface area contributed by atoms with E-state index in [0.29, 0.717) is 0 Å². The van der Waals surface area contributed by atoms with Crippen LogP contribution < -0.4 is 5.32 Å². The Kier molecular flexibility index (Phi) is 5.00. The fourth-order valence-electron chi connectivity index (χ4n) is 3.84. The van der Waals surface area contributed by atoms with Gasteiger partial charge in [0, 0.05) is 36.6 Å². The van der Waals surface area contributed by atoms with Gasteiger partial charge in [-0.1, -0.05) is 24.3 Å². The number of fused-ring (bicyclic) bond motifs is 1. The molecule has 0 saturated heterocycles. The molecule has 3 aromatic heterocycles. The van der Waals surface area contributed by atoms with E-state index in [0.717, 1.165) is 33.1 Å². The summed E-state index contributed by atoms with van der Waals surface area (Å²) >= 11 is 1.64. The molecule has 5 nitrogen and oxygen atoms in total. The summed E-state index contributed by atoms with van der Waals surface area (Å²) < 4.78 is 3.30. The number of hydrogen-bond donors (Lipinski definition) is 1. The molecule has 0 radical (unpaired) electrons. The molecule has 0 amide bonds. The van der Waals surface area contributed by atoms with Gasteiger partial charge in [-0.15, -0.1) is 11.3 Å². The molecule has 0 saturated carbocycles. The maximum atomic E-state index is 4.66. The van der Waals surface area contributed by atoms with Crippen LogP contribution in [0, 0.1) is 6.92 Å². The van der Waals surface area contributed by atoms with Crippen LogP contribution in [0.2, 0.25) is 0 Å². The van der Waals surface area contributed by atoms with Gasteiger partial charge in [0.15, 0.2) is 0 Å². The number of hydrogen-bond acceptors (Lipinski definition) is 5. The first-order valence-corrected chi connectivity index (χ1v) is 11.1. The molecule has 5 rings (SSSR count). The maximum Gasteiger partial charge on any atom is 0.130 e. The normalized spacial score (nSPS) is 12.2. The van der Waals surface area contributed by atoms with Gasteiger partial charge in [-0.3, -0.25) is 0 Å². The van der Waals surface area contributed by atoms with E-state index in [2.05, 4.69) is 93.5 Å². The first kappa shape index (κ1) is 19.5. The summed E-state index contributed by atoms with van der Waals surface area (Å²) in [4.78, 5) is 13.7. The predicted octanol–water partition coefficient (Wildman–Crippen LogP) is 6.24. The van der Waals surface area contributed by atoms with Crippen LogP contribution in [0.25, 0.3) is 32.7 Å². The first-order chi connectivity index (χ1) is 15.1. The van der Waals surface area contributed by atoms with Crippen LogP contribution in [0.3, 0.4) is 0 Å². The molecule has 0 aliphatic heterocycles. The van der Waals surface area contributed by atoms with E-state index in [1.54, 1.807) is 11.3 Å². The number of aromatic nitrogens is 4. The largest absolute Gasteiger partial charge is 0.363 e. The van der Waals surface area contributed by atoms with Gasteiger partial charge in [0.05, 0.1) is 21.4 Å². The number of nitrogens with one attached hydrogen (secondary N) is 1. The molecule has 1 atom stereocenters. The lowest BCUT2D eigenvalue weighted by Gasteiger charge is -2.17. The molecule has 0 spiro atoms. The molecule has 31 heavy (non-hydrogen) atoms. The van der Waals surface area contributed by atoms with Gasteiger partial charge >= 0.3 is 0 Å². The minimum Gasteiger partial charge on any atom is -0.363 e. The maximum absolute atomic E-state index is 4.66. The zero-order chi connectivity index (χ0) is 21.4. The van der Waals surface area contributed by atoms with Crippen molar-refractivity contribution < 1.29 is 0 Å². The Balaban J connectivity index is 1.43. The van der Waals surface area contributed by atoms with Crippen molar-refractivity contribution in [2.45, 2.75) is 19.9 Å². The summed E-state index contributed by atoms with van der Waals surface area (Å²) in [6.07, 6.45) is 2.07. The molecule has 1 N–H and O–H groups in total. The van der Waals surface area contributed by atoms with Crippen LogP contribution in [-0.4, -0.2) is 19.5 Å². The van der Waals surface area contributed by atoms with Gasteiger partial charge in [0.2, 0.25) is 0 Å². The lowest BCUT2D eigenvalue weighted by atomic mass is 10.0. The van der Waals surface area contributed by atoms with Crippen molar-refractivity contribution in [3.8, 4) is 22.5 Å². The lowest BCUT2D eigenvalue weighted by Crippen LogP contribution is -2.09. The highest BCUT2D eigenvalue weighted by molar-refractivity contribution is 7.16. The standard InChI is InChI=1S/C25H23N5S/c1-16(18-6-4-7-20(12-18)23-8-5-11-30(23)3)27-25-14-22(28-17(2)29-25)19-9-10-21-24(13-19)31-15-26-21/h4-16H,1-3H3,(H,27,28,29)/t16-/m0/s1. The van der Waals surface area contributed by atoms with Crippen LogP contribution in [0.1, 0.15) is 24.4 Å². The van der Waals surface area contributed by atoms with Crippen LogP contribution in [0.4, 0.5) is 5.82 Å². The smallest absolute Gasteiger partial charge is 0.130 e. The van der Waals surface area contributed by atoms with E-state index in [9.17, 15) is 0 Å². The predicted molar refractivity (Wildman–Crippen MR) is 128 cm³/mol. The second-order valence-corrected chi connectivity index (χ2v) is 8.60. The Hall–Kier alpha value is -3.51. The van der Waals surface area contributed by atoms with E-state index in [1.807, 2.05) is 24.6 Å². The molecule has 3 heterocycles. The highest BCUT2D eigenvalue weighted by atomic mass is 32.1. The van der Waals surface area contributed by atoms with Gasteiger partial charge in [-0.2, -0.15) is 0 Å². The molecule has 0 aliphatic rings. The third-order valence-electron chi connectivity index (χ3n) is 5.46. The highest BCUT2D eigenvalue weighted by Gasteiger charge is 2.12. The van der Waals surface area contributed by atoms with Gasteiger partial charge in [0.1, 0.15) is 11.6 Å². The summed E-state index contributed by atoms with van der Waals surface area (Å²) in [7, 11) is 2.07. The Morgan fingerprint density at radius 3 is 2.71 bits per heavy atom. The molecular formula is C25H23N5S. The number of benzene rings is 2. The second kappa shape index (κ2) is 7.96. The fraction of sp³-hybridized carbons (Fsp3) is 0.160. The van der Waals surface area contributed by atoms with E-state index in [1.165, 1.54) is 16.8 Å². The van der Waals surface area contributed by atoms with E-state index in [4.69, 9.17) is 0 Å². The molecular weight excluding hydrogens is 402 g/mol. The summed E-state index contributed by atoms with van der Waals surface area (Å²) in [5, 5.41) is 3.56. The number of rotatable bonds is 5. The molecule has 0 aliphatic carbocycles. The Labute approximate surface area is 185 Å². The molecule has 0 unspecified atom stereocenters. The van der Waals surface area contributed by atoms with Crippen LogP contribution >= 0.6 is 11.3 Å². The van der Waals surface area contributed by atoms with Gasteiger partial charge in [-0.05, 0) is 55.3 Å². The molecule has 2 aromatic carbocycles. The quantitative estimate of drug-likeness (QED) is 0.362. The van der Waals surface area contributed by atoms with Crippen molar-refractivity contribution in [1.82, 2.24) is 19.5 Å². The van der Waals surface area contributed by atoms with Gasteiger partial charge in [0.25, 0.3) is 0 Å². The topological polar surface area (TPSA) is 55.6 Å². The minimum absolute atomic E-state index is 0.103. The Morgan fingerprint density at radius 1 is 0.968 bits per heavy atom. The number of aryl methyl sites for hydroxylation is 2. The molecule has 6 heteroatoms. The number of nitrogens with zero attached hydrogens (tertiary/aromatic N) is 4. The molecule has 0 bridgehead atoms. The average molecular weight is 426 g/mol. The van der Waals surface area contributed by atoms with Crippen LogP contribution in [0.5, 0.6) is 0 Å². The van der Waals surface area contributed by atoms with Crippen molar-refractivity contribution in [3.63, 3.8) is 0 Å². The first-order valence-electron chi connectivity index (χ1n) is 10.2. The van der Waals surface area contributed by atoms with Crippen LogP contribution in [0.15, 0.2) is 72.4 Å². The molecule has 0 fully saturated rings. The van der Waals surface area contributed by atoms with Crippen molar-refractivity contribution in [2.24, 2.45) is 7.05 Å². The zero-order valence-corrected chi connectivity index (χ0v) is 18.5. The third-order valence-corrected chi connectivity index (χ3v) is 6.25. The van der Waals surface area contributed by atoms with E-state index in [-0.39, 0.29) is 6.04 Å². The van der Waals surface area contributed by atoms with Crippen molar-refractivity contribution in [1.29, 1.82) is 0 Å². The SMILES string of the molecule is Cc1nc(N[C@@H](C)c2cccc(-c3cccn3C)c2)cc(-c2ccc3ncsc3c2)n1. The zero-order valence-electron chi connectivity index (χ0n) is 17.7. The van der Waals surface area contributed by atoms with E-state index < -0.39 is 0 Å². The average Bonchev–Trinajstić information content (AvgIpc) is 3.41. The second-order valence-electron chi connectivity index (χ2n) is 7.72. The monoisotopic (exact) mass is 425 g/mol. The summed E-state index contributed by atoms with van der Waals surface area (Å²) in [6.45, 7) is 4.09. The molecule has 154 valence electrons. The van der Waals surface area contributed by atoms with Gasteiger partial charge < -0.3 is 9.88 Å². The van der Waals surface area contributed by atoms with Crippen molar-refractivity contribution in [3.05, 3.63) is 83.8 Å². The fourth-order valence-corrected chi connectivity index (χ4v) is 4.55. The van der Waals surface area contributed by atoms with Gasteiger partial charge in [-0.25, -0.2) is 15.0 Å². The summed E-state index contributed by atoms with van der Waals surface area (Å²) in [6, 6.07) is 21.2. The molecule has 5 aromatic rings. The number of thiazole rings is 1. The van der Waals surface area contributed by atoms with Crippen molar-refractivity contribution >= 4 is 27.4 Å². The van der Waals surface area contributed by atoms with E-state index >= 15 is 0 Å².